The van der Waals surface area contributed by atoms with E-state index < -0.39 is 12.0 Å². The third-order valence-corrected chi connectivity index (χ3v) is 6.20. The van der Waals surface area contributed by atoms with Gasteiger partial charge in [-0.2, -0.15) is 0 Å². The first kappa shape index (κ1) is 22.6. The van der Waals surface area contributed by atoms with E-state index in [1.807, 2.05) is 60.3 Å². The van der Waals surface area contributed by atoms with Crippen LogP contribution in [-0.2, 0) is 16.6 Å². The number of hydrogen-bond donors (Lipinski definition) is 1. The summed E-state index contributed by atoms with van der Waals surface area (Å²) in [7, 11) is 3.49. The van der Waals surface area contributed by atoms with Gasteiger partial charge in [-0.3, -0.25) is 9.59 Å². The van der Waals surface area contributed by atoms with Crippen LogP contribution in [-0.4, -0.2) is 35.0 Å². The van der Waals surface area contributed by atoms with Crippen molar-refractivity contribution in [1.82, 2.24) is 14.9 Å². The number of anilines is 1. The van der Waals surface area contributed by atoms with Gasteiger partial charge in [-0.25, -0.2) is 4.98 Å². The summed E-state index contributed by atoms with van der Waals surface area (Å²) in [5.41, 5.74) is 2.82. The second kappa shape index (κ2) is 9.48. The van der Waals surface area contributed by atoms with Crippen LogP contribution in [0, 0.1) is 5.92 Å². The summed E-state index contributed by atoms with van der Waals surface area (Å²) >= 11 is 0. The molecule has 4 rings (SSSR count). The van der Waals surface area contributed by atoms with Crippen molar-refractivity contribution in [2.45, 2.75) is 32.2 Å². The van der Waals surface area contributed by atoms with Crippen LogP contribution in [0.25, 0.3) is 0 Å². The van der Waals surface area contributed by atoms with Gasteiger partial charge in [0.1, 0.15) is 17.6 Å². The molecule has 7 heteroatoms. The average molecular weight is 447 g/mol. The molecule has 1 N–H and O–H groups in total. The molecule has 2 amide bonds. The summed E-state index contributed by atoms with van der Waals surface area (Å²) in [6.45, 7) is 4.60. The minimum absolute atomic E-state index is 0.0399. The fourth-order valence-corrected chi connectivity index (χ4v) is 4.29. The van der Waals surface area contributed by atoms with Crippen LogP contribution >= 0.6 is 0 Å². The molecular weight excluding hydrogens is 416 g/mol. The molecule has 0 spiro atoms. The largest absolute Gasteiger partial charge is 0.496 e. The highest BCUT2D eigenvalue weighted by Crippen LogP contribution is 2.31. The average Bonchev–Trinajstić information content (AvgIpc) is 3.42. The predicted molar refractivity (Wildman–Crippen MR) is 127 cm³/mol. The highest BCUT2D eigenvalue weighted by atomic mass is 16.5. The molecule has 2 aromatic carbocycles. The molecule has 1 aliphatic rings. The van der Waals surface area contributed by atoms with Gasteiger partial charge in [0, 0.05) is 43.7 Å². The number of rotatable bonds is 7. The fraction of sp³-hybridized carbons (Fsp3) is 0.346. The number of hydrogen-bond acceptors (Lipinski definition) is 4. The van der Waals surface area contributed by atoms with E-state index >= 15 is 0 Å². The number of carbonyl (C=O) groups excluding carboxylic acids is 2. The zero-order valence-corrected chi connectivity index (χ0v) is 19.5. The molecular formula is C26H30N4O3. The van der Waals surface area contributed by atoms with E-state index in [0.29, 0.717) is 24.0 Å². The Labute approximate surface area is 194 Å². The highest BCUT2D eigenvalue weighted by molar-refractivity contribution is 6.00. The summed E-state index contributed by atoms with van der Waals surface area (Å²) in [4.78, 5) is 32.4. The van der Waals surface area contributed by atoms with E-state index in [-0.39, 0.29) is 18.2 Å². The molecule has 1 fully saturated rings. The summed E-state index contributed by atoms with van der Waals surface area (Å²) in [6.07, 6.45) is 3.72. The molecule has 33 heavy (non-hydrogen) atoms. The SMILES string of the molecule is COc1ccccc1[C@H](NC(=O)[C@H]1CC(=O)N(c2cccc(C(C)C)c2)C1)c1nccn1C. The molecule has 0 radical (unpaired) electrons. The van der Waals surface area contributed by atoms with Gasteiger partial charge in [-0.05, 0) is 29.7 Å². The zero-order chi connectivity index (χ0) is 23.5. The van der Waals surface area contributed by atoms with Crippen molar-refractivity contribution in [2.24, 2.45) is 13.0 Å². The normalized spacial score (nSPS) is 16.8. The van der Waals surface area contributed by atoms with Gasteiger partial charge in [0.2, 0.25) is 11.8 Å². The van der Waals surface area contributed by atoms with E-state index in [0.717, 1.165) is 11.3 Å². The van der Waals surface area contributed by atoms with E-state index in [2.05, 4.69) is 30.2 Å². The molecule has 2 atom stereocenters. The van der Waals surface area contributed by atoms with Crippen LogP contribution in [0.1, 0.15) is 49.2 Å². The molecule has 172 valence electrons. The van der Waals surface area contributed by atoms with E-state index in [9.17, 15) is 9.59 Å². The van der Waals surface area contributed by atoms with Gasteiger partial charge in [0.05, 0.1) is 13.0 Å². The lowest BCUT2D eigenvalue weighted by Gasteiger charge is -2.23. The number of para-hydroxylation sites is 1. The fourth-order valence-electron chi connectivity index (χ4n) is 4.29. The molecule has 0 saturated carbocycles. The quantitative estimate of drug-likeness (QED) is 0.599. The number of methoxy groups -OCH3 is 1. The first-order valence-corrected chi connectivity index (χ1v) is 11.2. The minimum atomic E-state index is -0.498. The number of amides is 2. The lowest BCUT2D eigenvalue weighted by atomic mass is 10.0. The van der Waals surface area contributed by atoms with Gasteiger partial charge >= 0.3 is 0 Å². The molecule has 0 unspecified atom stereocenters. The Morgan fingerprint density at radius 3 is 2.67 bits per heavy atom. The van der Waals surface area contributed by atoms with Crippen LogP contribution in [0.4, 0.5) is 5.69 Å². The third-order valence-electron chi connectivity index (χ3n) is 6.20. The first-order valence-electron chi connectivity index (χ1n) is 11.2. The number of carbonyl (C=O) groups is 2. The number of nitrogens with one attached hydrogen (secondary N) is 1. The van der Waals surface area contributed by atoms with Crippen molar-refractivity contribution < 1.29 is 14.3 Å². The maximum Gasteiger partial charge on any atom is 0.227 e. The van der Waals surface area contributed by atoms with Crippen molar-refractivity contribution >= 4 is 17.5 Å². The number of imidazole rings is 1. The summed E-state index contributed by atoms with van der Waals surface area (Å²) in [6, 6.07) is 15.1. The number of benzene rings is 2. The zero-order valence-electron chi connectivity index (χ0n) is 19.5. The Bertz CT molecular complexity index is 1150. The molecule has 0 bridgehead atoms. The van der Waals surface area contributed by atoms with Gasteiger partial charge in [-0.1, -0.05) is 44.2 Å². The molecule has 1 saturated heterocycles. The van der Waals surface area contributed by atoms with Crippen LogP contribution in [0.2, 0.25) is 0 Å². The predicted octanol–water partition coefficient (Wildman–Crippen LogP) is 3.81. The monoisotopic (exact) mass is 446 g/mol. The van der Waals surface area contributed by atoms with Crippen LogP contribution < -0.4 is 15.0 Å². The number of aromatic nitrogens is 2. The van der Waals surface area contributed by atoms with Crippen LogP contribution in [0.5, 0.6) is 5.75 Å². The number of nitrogens with zero attached hydrogens (tertiary/aromatic N) is 3. The maximum atomic E-state index is 13.4. The van der Waals surface area contributed by atoms with Gasteiger partial charge in [-0.15, -0.1) is 0 Å². The van der Waals surface area contributed by atoms with Gasteiger partial charge < -0.3 is 19.5 Å². The van der Waals surface area contributed by atoms with E-state index in [4.69, 9.17) is 4.74 Å². The Morgan fingerprint density at radius 2 is 1.97 bits per heavy atom. The Balaban J connectivity index is 1.57. The molecule has 7 nitrogen and oxygen atoms in total. The van der Waals surface area contributed by atoms with Crippen molar-refractivity contribution in [3.8, 4) is 5.75 Å². The van der Waals surface area contributed by atoms with Crippen molar-refractivity contribution in [2.75, 3.05) is 18.6 Å². The smallest absolute Gasteiger partial charge is 0.227 e. The van der Waals surface area contributed by atoms with Gasteiger partial charge in [0.15, 0.2) is 0 Å². The van der Waals surface area contributed by atoms with Crippen LogP contribution in [0.15, 0.2) is 60.9 Å². The maximum absolute atomic E-state index is 13.4. The topological polar surface area (TPSA) is 76.5 Å². The summed E-state index contributed by atoms with van der Waals surface area (Å²) < 4.78 is 7.42. The van der Waals surface area contributed by atoms with Crippen LogP contribution in [0.3, 0.4) is 0 Å². The van der Waals surface area contributed by atoms with Gasteiger partial charge in [0.25, 0.3) is 0 Å². The lowest BCUT2D eigenvalue weighted by molar-refractivity contribution is -0.126. The molecule has 1 aliphatic heterocycles. The highest BCUT2D eigenvalue weighted by Gasteiger charge is 2.37. The standard InChI is InChI=1S/C26H30N4O3/c1-17(2)18-8-7-9-20(14-18)30-16-19(15-23(30)31)26(32)28-24(25-27-12-13-29(25)3)21-10-5-6-11-22(21)33-4/h5-14,17,19,24H,15-16H2,1-4H3,(H,28,32)/t19-,24-/m0/s1. The van der Waals surface area contributed by atoms with Crippen molar-refractivity contribution in [1.29, 1.82) is 0 Å². The Morgan fingerprint density at radius 1 is 1.18 bits per heavy atom. The number of ether oxygens (including phenoxy) is 1. The third kappa shape index (κ3) is 4.62. The molecule has 3 aromatic rings. The minimum Gasteiger partial charge on any atom is -0.496 e. The van der Waals surface area contributed by atoms with E-state index in [1.165, 1.54) is 5.56 Å². The Hall–Kier alpha value is -3.61. The Kier molecular flexibility index (Phi) is 6.49. The lowest BCUT2D eigenvalue weighted by Crippen LogP contribution is -2.37. The van der Waals surface area contributed by atoms with E-state index in [1.54, 1.807) is 18.2 Å². The molecule has 1 aromatic heterocycles. The number of aryl methyl sites for hydroxylation is 1. The molecule has 2 heterocycles. The molecule has 0 aliphatic carbocycles. The second-order valence-corrected chi connectivity index (χ2v) is 8.73. The summed E-state index contributed by atoms with van der Waals surface area (Å²) in [5.74, 6) is 1.06. The summed E-state index contributed by atoms with van der Waals surface area (Å²) in [5, 5.41) is 3.13. The second-order valence-electron chi connectivity index (χ2n) is 8.73. The van der Waals surface area contributed by atoms with Crippen molar-refractivity contribution in [3.05, 3.63) is 77.9 Å². The first-order chi connectivity index (χ1) is 15.9. The van der Waals surface area contributed by atoms with Crippen molar-refractivity contribution in [3.63, 3.8) is 0 Å².